The average Bonchev–Trinajstić information content (AvgIpc) is 3.09. The van der Waals surface area contributed by atoms with E-state index in [0.29, 0.717) is 22.2 Å². The molecule has 2 fully saturated rings. The van der Waals surface area contributed by atoms with Crippen molar-refractivity contribution in [3.8, 4) is 0 Å². The number of hydrogen-bond donors (Lipinski definition) is 2. The van der Waals surface area contributed by atoms with Crippen LogP contribution in [0.15, 0.2) is 18.2 Å². The molecule has 1 aromatic rings. The molecule has 2 atom stereocenters. The zero-order valence-corrected chi connectivity index (χ0v) is 11.3. The SMILES string of the molecule is Nc1cc(Cl)cc(C(=O)NC2CCOC2C2CC2)c1. The quantitative estimate of drug-likeness (QED) is 0.835. The van der Waals surface area contributed by atoms with Crippen LogP contribution in [0.4, 0.5) is 5.69 Å². The molecule has 1 aliphatic carbocycles. The van der Waals surface area contributed by atoms with Gasteiger partial charge in [0.05, 0.1) is 12.1 Å². The average molecular weight is 281 g/mol. The summed E-state index contributed by atoms with van der Waals surface area (Å²) in [6.07, 6.45) is 3.48. The lowest BCUT2D eigenvalue weighted by molar-refractivity contribution is 0.0729. The smallest absolute Gasteiger partial charge is 0.251 e. The van der Waals surface area contributed by atoms with Gasteiger partial charge in [-0.3, -0.25) is 4.79 Å². The Morgan fingerprint density at radius 2 is 2.11 bits per heavy atom. The summed E-state index contributed by atoms with van der Waals surface area (Å²) in [5.74, 6) is 0.493. The topological polar surface area (TPSA) is 64.4 Å². The summed E-state index contributed by atoms with van der Waals surface area (Å²) in [4.78, 5) is 12.2. The predicted molar refractivity (Wildman–Crippen MR) is 74.2 cm³/mol. The second-order valence-electron chi connectivity index (χ2n) is 5.31. The maximum Gasteiger partial charge on any atom is 0.251 e. The number of halogens is 1. The monoisotopic (exact) mass is 280 g/mol. The van der Waals surface area contributed by atoms with Gasteiger partial charge in [-0.2, -0.15) is 0 Å². The number of nitrogen functional groups attached to an aromatic ring is 1. The second kappa shape index (κ2) is 5.02. The Labute approximate surface area is 117 Å². The van der Waals surface area contributed by atoms with Crippen LogP contribution < -0.4 is 11.1 Å². The summed E-state index contributed by atoms with van der Waals surface area (Å²) in [5, 5.41) is 3.52. The number of benzene rings is 1. The van der Waals surface area contributed by atoms with Crippen LogP contribution >= 0.6 is 11.6 Å². The second-order valence-corrected chi connectivity index (χ2v) is 5.75. The maximum absolute atomic E-state index is 12.2. The molecule has 102 valence electrons. The summed E-state index contributed by atoms with van der Waals surface area (Å²) in [6.45, 7) is 0.726. The molecule has 19 heavy (non-hydrogen) atoms. The molecule has 1 saturated heterocycles. The highest BCUT2D eigenvalue weighted by molar-refractivity contribution is 6.31. The molecular weight excluding hydrogens is 264 g/mol. The van der Waals surface area contributed by atoms with Crippen molar-refractivity contribution in [3.05, 3.63) is 28.8 Å². The largest absolute Gasteiger partial charge is 0.399 e. The molecule has 5 heteroatoms. The fraction of sp³-hybridized carbons (Fsp3) is 0.500. The molecule has 1 heterocycles. The fourth-order valence-corrected chi connectivity index (χ4v) is 2.89. The number of nitrogens with two attached hydrogens (primary N) is 1. The van der Waals surface area contributed by atoms with Gasteiger partial charge < -0.3 is 15.8 Å². The molecule has 0 radical (unpaired) electrons. The van der Waals surface area contributed by atoms with Crippen molar-refractivity contribution in [2.24, 2.45) is 5.92 Å². The van der Waals surface area contributed by atoms with Crippen LogP contribution in [0.25, 0.3) is 0 Å². The predicted octanol–water partition coefficient (Wildman–Crippen LogP) is 2.22. The highest BCUT2D eigenvalue weighted by Gasteiger charge is 2.41. The summed E-state index contributed by atoms with van der Waals surface area (Å²) >= 11 is 5.92. The van der Waals surface area contributed by atoms with Gasteiger partial charge in [-0.15, -0.1) is 0 Å². The maximum atomic E-state index is 12.2. The van der Waals surface area contributed by atoms with E-state index in [1.807, 2.05) is 0 Å². The summed E-state index contributed by atoms with van der Waals surface area (Å²) in [5.41, 5.74) is 6.71. The van der Waals surface area contributed by atoms with E-state index in [2.05, 4.69) is 5.32 Å². The van der Waals surface area contributed by atoms with Gasteiger partial charge in [0.15, 0.2) is 0 Å². The molecule has 3 N–H and O–H groups in total. The van der Waals surface area contributed by atoms with E-state index in [0.717, 1.165) is 13.0 Å². The van der Waals surface area contributed by atoms with Gasteiger partial charge in [0, 0.05) is 22.9 Å². The highest BCUT2D eigenvalue weighted by atomic mass is 35.5. The third-order valence-electron chi connectivity index (χ3n) is 3.72. The van der Waals surface area contributed by atoms with Crippen molar-refractivity contribution in [1.82, 2.24) is 5.32 Å². The van der Waals surface area contributed by atoms with Gasteiger partial charge >= 0.3 is 0 Å². The number of hydrogen-bond acceptors (Lipinski definition) is 3. The Morgan fingerprint density at radius 3 is 2.79 bits per heavy atom. The van der Waals surface area contributed by atoms with E-state index >= 15 is 0 Å². The van der Waals surface area contributed by atoms with Gasteiger partial charge in [-0.1, -0.05) is 11.6 Å². The van der Waals surface area contributed by atoms with Crippen LogP contribution in [0.3, 0.4) is 0 Å². The molecular formula is C14H17ClN2O2. The Hall–Kier alpha value is -1.26. The summed E-state index contributed by atoms with van der Waals surface area (Å²) < 4.78 is 5.71. The van der Waals surface area contributed by atoms with Crippen molar-refractivity contribution in [2.75, 3.05) is 12.3 Å². The third kappa shape index (κ3) is 2.85. The van der Waals surface area contributed by atoms with Crippen molar-refractivity contribution in [2.45, 2.75) is 31.4 Å². The lowest BCUT2D eigenvalue weighted by atomic mass is 10.1. The van der Waals surface area contributed by atoms with Crippen molar-refractivity contribution in [1.29, 1.82) is 0 Å². The number of carbonyl (C=O) groups is 1. The van der Waals surface area contributed by atoms with Crippen LogP contribution in [-0.2, 0) is 4.74 Å². The van der Waals surface area contributed by atoms with Gasteiger partial charge in [-0.05, 0) is 43.4 Å². The molecule has 1 saturated carbocycles. The minimum absolute atomic E-state index is 0.111. The van der Waals surface area contributed by atoms with E-state index in [4.69, 9.17) is 22.1 Å². The van der Waals surface area contributed by atoms with Gasteiger partial charge in [0.25, 0.3) is 5.91 Å². The molecule has 2 aliphatic rings. The zero-order chi connectivity index (χ0) is 13.4. The fourth-order valence-electron chi connectivity index (χ4n) is 2.65. The molecule has 0 bridgehead atoms. The van der Waals surface area contributed by atoms with Crippen LogP contribution in [-0.4, -0.2) is 24.7 Å². The lowest BCUT2D eigenvalue weighted by Gasteiger charge is -2.19. The third-order valence-corrected chi connectivity index (χ3v) is 3.94. The first-order valence-corrected chi connectivity index (χ1v) is 7.00. The van der Waals surface area contributed by atoms with Crippen molar-refractivity contribution in [3.63, 3.8) is 0 Å². The van der Waals surface area contributed by atoms with Gasteiger partial charge in [-0.25, -0.2) is 0 Å². The number of amides is 1. The standard InChI is InChI=1S/C14H17ClN2O2/c15-10-5-9(6-11(16)7-10)14(18)17-12-3-4-19-13(12)8-1-2-8/h5-8,12-13H,1-4,16H2,(H,17,18). The van der Waals surface area contributed by atoms with Gasteiger partial charge in [0.2, 0.25) is 0 Å². The van der Waals surface area contributed by atoms with Crippen LogP contribution in [0.5, 0.6) is 0 Å². The first-order chi connectivity index (χ1) is 9.13. The summed E-state index contributed by atoms with van der Waals surface area (Å²) in [7, 11) is 0. The number of carbonyl (C=O) groups excluding carboxylic acids is 1. The van der Waals surface area contributed by atoms with Crippen LogP contribution in [0.2, 0.25) is 5.02 Å². The number of nitrogens with one attached hydrogen (secondary N) is 1. The number of anilines is 1. The molecule has 4 nitrogen and oxygen atoms in total. The lowest BCUT2D eigenvalue weighted by Crippen LogP contribution is -2.41. The molecule has 0 aromatic heterocycles. The zero-order valence-electron chi connectivity index (χ0n) is 10.6. The molecule has 0 spiro atoms. The van der Waals surface area contributed by atoms with E-state index < -0.39 is 0 Å². The first-order valence-electron chi connectivity index (χ1n) is 6.62. The molecule has 1 amide bonds. The highest BCUT2D eigenvalue weighted by Crippen LogP contribution is 2.38. The van der Waals surface area contributed by atoms with Crippen LogP contribution in [0, 0.1) is 5.92 Å². The summed E-state index contributed by atoms with van der Waals surface area (Å²) in [6, 6.07) is 5.02. The Kier molecular flexibility index (Phi) is 3.37. The number of ether oxygens (including phenoxy) is 1. The molecule has 3 rings (SSSR count). The minimum atomic E-state index is -0.129. The van der Waals surface area contributed by atoms with Crippen molar-refractivity contribution >= 4 is 23.2 Å². The van der Waals surface area contributed by atoms with E-state index in [-0.39, 0.29) is 18.1 Å². The minimum Gasteiger partial charge on any atom is -0.399 e. The normalized spacial score (nSPS) is 26.4. The molecule has 2 unspecified atom stereocenters. The molecule has 1 aromatic carbocycles. The van der Waals surface area contributed by atoms with Crippen molar-refractivity contribution < 1.29 is 9.53 Å². The van der Waals surface area contributed by atoms with E-state index in [9.17, 15) is 4.79 Å². The van der Waals surface area contributed by atoms with E-state index in [1.165, 1.54) is 12.8 Å². The first kappa shape index (κ1) is 12.8. The van der Waals surface area contributed by atoms with E-state index in [1.54, 1.807) is 18.2 Å². The Balaban J connectivity index is 1.70. The number of rotatable bonds is 3. The molecule has 1 aliphatic heterocycles. The Bertz CT molecular complexity index is 482. The van der Waals surface area contributed by atoms with Crippen LogP contribution in [0.1, 0.15) is 29.6 Å². The Morgan fingerprint density at radius 1 is 1.32 bits per heavy atom. The van der Waals surface area contributed by atoms with Gasteiger partial charge in [0.1, 0.15) is 0 Å².